The fraction of sp³-hybridized carbons (Fsp3) is 0.375. The summed E-state index contributed by atoms with van der Waals surface area (Å²) in [6, 6.07) is 12.2. The Kier molecular flexibility index (Phi) is 15.7. The molecule has 4 nitrogen and oxygen atoms in total. The van der Waals surface area contributed by atoms with Crippen LogP contribution in [-0.4, -0.2) is 57.4 Å². The Hall–Kier alpha value is -0.241. The summed E-state index contributed by atoms with van der Waals surface area (Å²) in [5.41, 5.74) is 0. The van der Waals surface area contributed by atoms with Crippen molar-refractivity contribution in [1.82, 2.24) is 9.97 Å². The molecule has 0 aromatic carbocycles. The third-order valence-corrected chi connectivity index (χ3v) is 4.69. The van der Waals surface area contributed by atoms with Gasteiger partial charge in [-0.1, -0.05) is 12.1 Å². The molecule has 2 aromatic heterocycles. The van der Waals surface area contributed by atoms with Gasteiger partial charge in [-0.15, -0.1) is 0 Å². The molecule has 143 valence electrons. The molecule has 9 heteroatoms. The fourth-order valence-corrected chi connectivity index (χ4v) is 3.27. The van der Waals surface area contributed by atoms with Crippen molar-refractivity contribution < 1.29 is 22.6 Å². The number of aromatic amines is 2. The summed E-state index contributed by atoms with van der Waals surface area (Å²) in [6.07, 6.45) is 3.90. The summed E-state index contributed by atoms with van der Waals surface area (Å²) in [4.78, 5) is 6.41. The van der Waals surface area contributed by atoms with Crippen LogP contribution in [0.25, 0.3) is 0 Å². The zero-order valence-electron chi connectivity index (χ0n) is 13.6. The van der Waals surface area contributed by atoms with E-state index in [-0.39, 0.29) is 0 Å². The topological polar surface area (TPSA) is 57.2 Å². The first-order valence-corrected chi connectivity index (χ1v) is 12.2. The van der Waals surface area contributed by atoms with Crippen molar-refractivity contribution in [3.63, 3.8) is 0 Å². The van der Waals surface area contributed by atoms with E-state index in [0.29, 0.717) is 0 Å². The van der Waals surface area contributed by atoms with Crippen molar-refractivity contribution in [3.05, 3.63) is 58.1 Å². The van der Waals surface area contributed by atoms with Crippen LogP contribution in [0, 0.1) is 9.28 Å². The molecule has 0 fully saturated rings. The Labute approximate surface area is 170 Å². The minimum atomic E-state index is 0.757. The third kappa shape index (κ3) is 13.6. The predicted molar refractivity (Wildman–Crippen MR) is 108 cm³/mol. The Morgan fingerprint density at radius 1 is 0.760 bits per heavy atom. The number of hydrogen-bond acceptors (Lipinski definition) is 0. The molecule has 0 atom stereocenters. The van der Waals surface area contributed by atoms with Gasteiger partial charge in [0.1, 0.15) is 0 Å². The molecule has 0 spiro atoms. The summed E-state index contributed by atoms with van der Waals surface area (Å²) in [5, 5.41) is 0. The van der Waals surface area contributed by atoms with Crippen molar-refractivity contribution in [1.29, 1.82) is 0 Å². The van der Waals surface area contributed by atoms with Gasteiger partial charge in [0, 0.05) is 24.5 Å². The van der Waals surface area contributed by atoms with Crippen LogP contribution in [0.15, 0.2) is 48.8 Å². The SMILES string of the molecule is [Cl][Cu][Cl].c1ccc(=[S+]CC[OH+]CC[OH+]CC[S+]=c2cccc[nH]2)[nH]c1. The number of rotatable bonds is 9. The third-order valence-electron chi connectivity index (χ3n) is 2.79. The van der Waals surface area contributed by atoms with Crippen LogP contribution >= 0.6 is 20.2 Å². The van der Waals surface area contributed by atoms with E-state index in [1.165, 1.54) is 9.28 Å². The summed E-state index contributed by atoms with van der Waals surface area (Å²) < 4.78 is 11.4. The normalized spacial score (nSPS) is 12.1. The number of aliphatic hydroxyl groups is 4. The van der Waals surface area contributed by atoms with Crippen LogP contribution in [-0.2, 0) is 35.8 Å². The molecule has 0 bridgehead atoms. The maximum absolute atomic E-state index is 4.67. The quantitative estimate of drug-likeness (QED) is 0.243. The molecule has 25 heavy (non-hydrogen) atoms. The first-order chi connectivity index (χ1) is 12.4. The number of ether oxygens (including phenoxy) is 2. The van der Waals surface area contributed by atoms with Crippen molar-refractivity contribution >= 4 is 42.9 Å². The van der Waals surface area contributed by atoms with Gasteiger partial charge in [0.2, 0.25) is 47.4 Å². The maximum atomic E-state index is 4.67. The zero-order chi connectivity index (χ0) is 18.0. The van der Waals surface area contributed by atoms with Crippen LogP contribution in [0.3, 0.4) is 0 Å². The molecule has 0 aliphatic rings. The number of aromatic nitrogens is 2. The first-order valence-electron chi connectivity index (χ1n) is 7.63. The molecule has 0 aliphatic heterocycles. The summed E-state index contributed by atoms with van der Waals surface area (Å²) in [6.45, 7) is 3.44. The van der Waals surface area contributed by atoms with Gasteiger partial charge in [0.15, 0.2) is 13.2 Å². The van der Waals surface area contributed by atoms with Crippen LogP contribution in [0.4, 0.5) is 0 Å². The van der Waals surface area contributed by atoms with Gasteiger partial charge in [-0.25, -0.2) is 0 Å². The van der Waals surface area contributed by atoms with E-state index in [2.05, 4.69) is 51.8 Å². The molecule has 0 unspecified atom stereocenters. The Balaban J connectivity index is 0.000000970. The van der Waals surface area contributed by atoms with Gasteiger partial charge in [-0.3, -0.25) is 0 Å². The van der Waals surface area contributed by atoms with Crippen molar-refractivity contribution in [2.45, 2.75) is 0 Å². The molecule has 2 heterocycles. The minimum absolute atomic E-state index is 0.757. The van der Waals surface area contributed by atoms with Gasteiger partial charge < -0.3 is 19.4 Å². The van der Waals surface area contributed by atoms with E-state index in [0.717, 1.165) is 51.1 Å². The van der Waals surface area contributed by atoms with Crippen molar-refractivity contribution in [3.8, 4) is 0 Å². The average Bonchev–Trinajstić information content (AvgIpc) is 2.65. The predicted octanol–water partition coefficient (Wildman–Crippen LogP) is 2.70. The minimum Gasteiger partial charge on any atom is -0.424 e. The largest absolute Gasteiger partial charge is 0.424 e. The van der Waals surface area contributed by atoms with Gasteiger partial charge in [0.05, 0.1) is 0 Å². The van der Waals surface area contributed by atoms with Gasteiger partial charge in [-0.2, -0.15) is 0 Å². The number of halogens is 2. The Morgan fingerprint density at radius 2 is 1.20 bits per heavy atom. The fourth-order valence-electron chi connectivity index (χ4n) is 1.74. The smallest absolute Gasteiger partial charge is 0.295 e. The molecule has 2 aromatic rings. The monoisotopic (exact) mass is 473 g/mol. The van der Waals surface area contributed by atoms with Crippen LogP contribution in [0.1, 0.15) is 0 Å². The number of pyridine rings is 2. The Bertz CT molecular complexity index is 591. The van der Waals surface area contributed by atoms with E-state index in [1.807, 2.05) is 36.7 Å². The maximum Gasteiger partial charge on any atom is 0.295 e. The average molecular weight is 475 g/mol. The van der Waals surface area contributed by atoms with Crippen molar-refractivity contribution in [2.75, 3.05) is 37.9 Å². The van der Waals surface area contributed by atoms with Gasteiger partial charge >= 0.3 is 33.3 Å². The van der Waals surface area contributed by atoms with Crippen LogP contribution in [0.2, 0.25) is 0 Å². The standard InChI is InChI=1S/C16H22N2O2S2.2ClH.Cu/c1-3-7-17-15(5-1)21-13-11-19-9-10-20-12-14-22-16-6-2-4-8-18-16;;;/h1-8,17-18H,9-14H2;2*1H;/q+2;;;+2. The molecule has 0 saturated heterocycles. The number of nitrogens with one attached hydrogen (secondary N) is 2. The van der Waals surface area contributed by atoms with Crippen molar-refractivity contribution in [2.24, 2.45) is 0 Å². The van der Waals surface area contributed by atoms with E-state index in [9.17, 15) is 0 Å². The molecule has 0 radical (unpaired) electrons. The Morgan fingerprint density at radius 3 is 1.56 bits per heavy atom. The van der Waals surface area contributed by atoms with E-state index < -0.39 is 0 Å². The second kappa shape index (κ2) is 17.2. The van der Waals surface area contributed by atoms with Gasteiger partial charge in [-0.05, 0) is 12.1 Å². The van der Waals surface area contributed by atoms with E-state index in [1.54, 1.807) is 22.7 Å². The number of H-pyrrole nitrogens is 2. The molecule has 2 rings (SSSR count). The zero-order valence-corrected chi connectivity index (χ0v) is 17.7. The van der Waals surface area contributed by atoms with E-state index >= 15 is 0 Å². The second-order valence-corrected chi connectivity index (χ2v) is 8.36. The van der Waals surface area contributed by atoms with Crippen LogP contribution in [0.5, 0.6) is 0 Å². The molecular weight excluding hydrogens is 451 g/mol. The second-order valence-electron chi connectivity index (χ2n) is 4.54. The van der Waals surface area contributed by atoms with E-state index in [4.69, 9.17) is 0 Å². The van der Waals surface area contributed by atoms with Gasteiger partial charge in [0.25, 0.3) is 9.28 Å². The molecule has 0 amide bonds. The van der Waals surface area contributed by atoms with Crippen LogP contribution < -0.4 is 0 Å². The molecular formula is C16H24Cl2CuN2O2S2+4. The number of hydrogen-bond donors (Lipinski definition) is 2. The summed E-state index contributed by atoms with van der Waals surface area (Å²) in [5.74, 6) is 2.03. The summed E-state index contributed by atoms with van der Waals surface area (Å²) >= 11 is 4.36. The first kappa shape index (κ1) is 22.8. The summed E-state index contributed by atoms with van der Waals surface area (Å²) in [7, 11) is 9.34. The molecule has 4 N–H and O–H groups in total. The molecule has 0 aliphatic carbocycles. The molecule has 0 saturated carbocycles.